The normalized spacial score (nSPS) is 20.8. The van der Waals surface area contributed by atoms with Crippen molar-refractivity contribution in [2.24, 2.45) is 0 Å². The van der Waals surface area contributed by atoms with Gasteiger partial charge in [0.25, 0.3) is 0 Å². The van der Waals surface area contributed by atoms with Gasteiger partial charge in [0, 0.05) is 0 Å². The van der Waals surface area contributed by atoms with Crippen LogP contribution in [0.3, 0.4) is 0 Å². The molecule has 0 saturated carbocycles. The van der Waals surface area contributed by atoms with E-state index in [0.717, 1.165) is 0 Å². The summed E-state index contributed by atoms with van der Waals surface area (Å²) < 4.78 is 5.19. The summed E-state index contributed by atoms with van der Waals surface area (Å²) >= 11 is -2.07. The van der Waals surface area contributed by atoms with Gasteiger partial charge in [0.1, 0.15) is 0 Å². The SMILES string of the molecule is c1c([Te+](c2cc3c4c(c2)CCCN4CCC3)c2cc3c4c(c2)CCCN4CCC3)cc2c3c1CCCN3CCC2. The predicted molar refractivity (Wildman–Crippen MR) is 171 cm³/mol. The molecule has 3 nitrogen and oxygen atoms in total. The molecule has 0 aliphatic carbocycles. The third-order valence-electron chi connectivity index (χ3n) is 10.6. The third kappa shape index (κ3) is 3.89. The summed E-state index contributed by atoms with van der Waals surface area (Å²) in [7, 11) is 0. The molecule has 0 saturated heterocycles. The molecule has 0 amide bonds. The van der Waals surface area contributed by atoms with Crippen LogP contribution in [0.1, 0.15) is 71.9 Å². The molecular formula is C36H42N3Te+. The second-order valence-electron chi connectivity index (χ2n) is 13.2. The minimum absolute atomic E-state index is 1.26. The Balaban J connectivity index is 1.26. The van der Waals surface area contributed by atoms with Gasteiger partial charge in [-0.15, -0.1) is 0 Å². The summed E-state index contributed by atoms with van der Waals surface area (Å²) in [5.74, 6) is 0. The molecule has 6 aliphatic heterocycles. The summed E-state index contributed by atoms with van der Waals surface area (Å²) in [5.41, 5.74) is 14.9. The summed E-state index contributed by atoms with van der Waals surface area (Å²) in [4.78, 5) is 8.16. The number of anilines is 3. The van der Waals surface area contributed by atoms with Crippen LogP contribution in [-0.4, -0.2) is 58.8 Å². The van der Waals surface area contributed by atoms with E-state index < -0.39 is 19.6 Å². The van der Waals surface area contributed by atoms with Crippen LogP contribution in [0.5, 0.6) is 0 Å². The number of aryl methyl sites for hydroxylation is 6. The number of benzene rings is 3. The first kappa shape index (κ1) is 24.4. The number of hydrogen-bond acceptors (Lipinski definition) is 3. The van der Waals surface area contributed by atoms with Crippen LogP contribution in [0, 0.1) is 0 Å². The van der Waals surface area contributed by atoms with Gasteiger partial charge in [-0.05, 0) is 0 Å². The third-order valence-corrected chi connectivity index (χ3v) is 16.7. The number of hydrogen-bond donors (Lipinski definition) is 0. The van der Waals surface area contributed by atoms with Crippen molar-refractivity contribution in [3.63, 3.8) is 0 Å². The van der Waals surface area contributed by atoms with Crippen molar-refractivity contribution in [3.8, 4) is 0 Å². The van der Waals surface area contributed by atoms with Crippen LogP contribution in [0.25, 0.3) is 0 Å². The van der Waals surface area contributed by atoms with E-state index in [1.54, 1.807) is 61.3 Å². The summed E-state index contributed by atoms with van der Waals surface area (Å²) in [6, 6.07) is 16.3. The van der Waals surface area contributed by atoms with Gasteiger partial charge in [-0.3, -0.25) is 0 Å². The van der Waals surface area contributed by atoms with E-state index in [1.165, 1.54) is 116 Å². The Morgan fingerprint density at radius 2 is 0.575 bits per heavy atom. The van der Waals surface area contributed by atoms with Crippen molar-refractivity contribution in [1.29, 1.82) is 0 Å². The van der Waals surface area contributed by atoms with E-state index in [4.69, 9.17) is 0 Å². The van der Waals surface area contributed by atoms with Gasteiger partial charge in [0.05, 0.1) is 0 Å². The van der Waals surface area contributed by atoms with Crippen LogP contribution in [0.2, 0.25) is 0 Å². The first-order valence-corrected chi connectivity index (χ1v) is 19.8. The number of nitrogens with zero attached hydrogens (tertiary/aromatic N) is 3. The van der Waals surface area contributed by atoms with Crippen LogP contribution in [0.15, 0.2) is 36.4 Å². The molecule has 3 aromatic rings. The van der Waals surface area contributed by atoms with E-state index in [0.29, 0.717) is 0 Å². The van der Waals surface area contributed by atoms with Gasteiger partial charge >= 0.3 is 248 Å². The zero-order valence-electron chi connectivity index (χ0n) is 23.9. The molecule has 0 atom stereocenters. The van der Waals surface area contributed by atoms with Crippen molar-refractivity contribution in [1.82, 2.24) is 0 Å². The second-order valence-corrected chi connectivity index (χ2v) is 18.9. The molecule has 206 valence electrons. The van der Waals surface area contributed by atoms with E-state index in [-0.39, 0.29) is 0 Å². The van der Waals surface area contributed by atoms with Crippen LogP contribution < -0.4 is 25.5 Å². The fourth-order valence-electron chi connectivity index (χ4n) is 9.08. The van der Waals surface area contributed by atoms with Crippen LogP contribution in [-0.2, 0) is 38.5 Å². The topological polar surface area (TPSA) is 9.72 Å². The Labute approximate surface area is 247 Å². The molecular weight excluding hydrogens is 602 g/mol. The Morgan fingerprint density at radius 3 is 0.800 bits per heavy atom. The van der Waals surface area contributed by atoms with Crippen molar-refractivity contribution >= 4 is 47.4 Å². The quantitative estimate of drug-likeness (QED) is 0.395. The Bertz CT molecular complexity index is 1240. The molecule has 0 unspecified atom stereocenters. The van der Waals surface area contributed by atoms with Gasteiger partial charge < -0.3 is 0 Å². The summed E-state index contributed by atoms with van der Waals surface area (Å²) in [6.07, 6.45) is 15.6. The zero-order chi connectivity index (χ0) is 26.2. The first-order valence-electron chi connectivity index (χ1n) is 16.3. The maximum absolute atomic E-state index is 2.72. The van der Waals surface area contributed by atoms with Crippen LogP contribution in [0.4, 0.5) is 17.1 Å². The van der Waals surface area contributed by atoms with E-state index in [2.05, 4.69) is 51.1 Å². The molecule has 3 aromatic carbocycles. The molecule has 4 heteroatoms. The molecule has 0 radical (unpaired) electrons. The van der Waals surface area contributed by atoms with E-state index >= 15 is 0 Å². The molecule has 6 aliphatic rings. The monoisotopic (exact) mass is 646 g/mol. The molecule has 6 heterocycles. The molecule has 0 aromatic heterocycles. The summed E-state index contributed by atoms with van der Waals surface area (Å²) in [5, 5.41) is 0. The second kappa shape index (κ2) is 9.71. The average Bonchev–Trinajstić information content (AvgIpc) is 2.98. The van der Waals surface area contributed by atoms with Crippen molar-refractivity contribution < 1.29 is 0 Å². The van der Waals surface area contributed by atoms with Gasteiger partial charge in [0.2, 0.25) is 0 Å². The Morgan fingerprint density at radius 1 is 0.350 bits per heavy atom. The minimum atomic E-state index is -2.07. The number of rotatable bonds is 3. The van der Waals surface area contributed by atoms with Crippen molar-refractivity contribution in [2.75, 3.05) is 54.0 Å². The Kier molecular flexibility index (Phi) is 5.93. The first-order chi connectivity index (χ1) is 19.8. The molecule has 0 N–H and O–H groups in total. The molecule has 0 bridgehead atoms. The molecule has 40 heavy (non-hydrogen) atoms. The maximum atomic E-state index is 2.72. The zero-order valence-corrected chi connectivity index (χ0v) is 26.3. The van der Waals surface area contributed by atoms with Crippen molar-refractivity contribution in [2.45, 2.75) is 77.0 Å². The summed E-state index contributed by atoms with van der Waals surface area (Å²) in [6.45, 7) is 7.57. The fraction of sp³-hybridized carbons (Fsp3) is 0.500. The molecule has 0 fully saturated rings. The van der Waals surface area contributed by atoms with Gasteiger partial charge in [-0.25, -0.2) is 0 Å². The fourth-order valence-corrected chi connectivity index (χ4v) is 15.9. The standard InChI is InChI=1S/C36H42N3Te/c1-7-25-19-31(20-26-8-2-14-37(13-1)34(25)26)40(32-21-27-9-3-15-38-16-4-10-28(22-32)35(27)38)33-23-29-11-5-17-39-18-6-12-30(24-33)36(29)39/h19-24H,1-18H2/q+1. The average molecular weight is 644 g/mol. The molecule has 9 rings (SSSR count). The predicted octanol–water partition coefficient (Wildman–Crippen LogP) is 4.30. The van der Waals surface area contributed by atoms with E-state index in [9.17, 15) is 0 Å². The van der Waals surface area contributed by atoms with Gasteiger partial charge in [-0.1, -0.05) is 0 Å². The van der Waals surface area contributed by atoms with Crippen LogP contribution >= 0.6 is 0 Å². The van der Waals surface area contributed by atoms with Gasteiger partial charge in [0.15, 0.2) is 0 Å². The van der Waals surface area contributed by atoms with Gasteiger partial charge in [-0.2, -0.15) is 0 Å². The molecule has 0 spiro atoms. The van der Waals surface area contributed by atoms with Crippen molar-refractivity contribution in [3.05, 3.63) is 69.8 Å². The van der Waals surface area contributed by atoms with E-state index in [1.807, 2.05) is 0 Å². The Hall–Kier alpha value is -2.15.